The van der Waals surface area contributed by atoms with Crippen molar-refractivity contribution in [2.24, 2.45) is 23.7 Å². The normalized spacial score (nSPS) is 32.4. The predicted molar refractivity (Wildman–Crippen MR) is 129 cm³/mol. The Bertz CT molecular complexity index is 979. The molecule has 6 atom stereocenters. The second-order valence-electron chi connectivity index (χ2n) is 10.9. The molecule has 0 radical (unpaired) electrons. The van der Waals surface area contributed by atoms with Crippen LogP contribution in [0.2, 0.25) is 0 Å². The Kier molecular flexibility index (Phi) is 7.67. The molecule has 2 aliphatic carbocycles. The van der Waals surface area contributed by atoms with Crippen LogP contribution in [0.25, 0.3) is 0 Å². The Morgan fingerprint density at radius 2 is 1.97 bits per heavy atom. The summed E-state index contributed by atoms with van der Waals surface area (Å²) in [7, 11) is 0. The molecule has 1 aliphatic heterocycles. The van der Waals surface area contributed by atoms with Gasteiger partial charge in [0, 0.05) is 58.2 Å². The van der Waals surface area contributed by atoms with E-state index in [1.165, 1.54) is 6.92 Å². The molecule has 1 aromatic rings. The Balaban J connectivity index is 1.39. The molecule has 1 aromatic heterocycles. The molecule has 2 heterocycles. The second-order valence-corrected chi connectivity index (χ2v) is 10.9. The molecular weight excluding hydrogens is 473 g/mol. The van der Waals surface area contributed by atoms with E-state index < -0.39 is 17.5 Å². The first-order valence-corrected chi connectivity index (χ1v) is 12.8. The predicted octanol–water partition coefficient (Wildman–Crippen LogP) is 3.93. The van der Waals surface area contributed by atoms with Gasteiger partial charge in [0.1, 0.15) is 11.8 Å². The van der Waals surface area contributed by atoms with Crippen LogP contribution in [-0.2, 0) is 15.7 Å². The van der Waals surface area contributed by atoms with Crippen LogP contribution in [0.3, 0.4) is 0 Å². The minimum absolute atomic E-state index is 0.00264. The minimum atomic E-state index is -4.49. The number of anilines is 1. The molecule has 1 unspecified atom stereocenters. The van der Waals surface area contributed by atoms with E-state index in [2.05, 4.69) is 34.8 Å². The number of rotatable bonds is 5. The number of hydrogen-bond acceptors (Lipinski definition) is 7. The first kappa shape index (κ1) is 26.9. The van der Waals surface area contributed by atoms with Gasteiger partial charge in [-0.3, -0.25) is 9.69 Å². The quantitative estimate of drug-likeness (QED) is 0.475. The van der Waals surface area contributed by atoms with Crippen molar-refractivity contribution in [2.45, 2.75) is 64.8 Å². The summed E-state index contributed by atoms with van der Waals surface area (Å²) in [4.78, 5) is 23.5. The zero-order chi connectivity index (χ0) is 26.3. The van der Waals surface area contributed by atoms with Crippen LogP contribution in [0.4, 0.5) is 19.1 Å². The molecule has 0 aromatic carbocycles. The Morgan fingerprint density at radius 1 is 1.28 bits per heavy atom. The highest BCUT2D eigenvalue weighted by Crippen LogP contribution is 2.51. The summed E-state index contributed by atoms with van der Waals surface area (Å²) in [6.07, 6.45) is 0.801. The third-order valence-corrected chi connectivity index (χ3v) is 8.46. The Morgan fingerprint density at radius 3 is 2.61 bits per heavy atom. The van der Waals surface area contributed by atoms with Gasteiger partial charge in [0.05, 0.1) is 5.60 Å². The van der Waals surface area contributed by atoms with Crippen molar-refractivity contribution in [1.29, 1.82) is 0 Å². The number of piperazine rings is 1. The van der Waals surface area contributed by atoms with E-state index in [0.29, 0.717) is 44.4 Å². The number of fused-ring (bicyclic) bond motifs is 1. The lowest BCUT2D eigenvalue weighted by atomic mass is 9.57. The standard InChI is InChI=1S/C26H37F3N4O3/c1-16-13-21-20(6-5-18(3)25(21,35)14-22(16)36-19(4)34)17(2)15-32-9-11-33(12-10-32)24-30-8-7-23(31-24)26(27,28)29/h7-8,13,17-18,20-22,35H,5-6,9-12,14-15H2,1-4H3/t17?,18-,20+,21-,22-,25-/m1/s1. The van der Waals surface area contributed by atoms with Gasteiger partial charge in [-0.25, -0.2) is 9.97 Å². The molecule has 0 amide bonds. The van der Waals surface area contributed by atoms with Crippen LogP contribution in [0.5, 0.6) is 0 Å². The van der Waals surface area contributed by atoms with Gasteiger partial charge in [0.2, 0.25) is 5.95 Å². The average Bonchev–Trinajstić information content (AvgIpc) is 2.81. The molecule has 1 saturated heterocycles. The Labute approximate surface area is 210 Å². The van der Waals surface area contributed by atoms with Gasteiger partial charge in [-0.05, 0) is 49.2 Å². The number of alkyl halides is 3. The third-order valence-electron chi connectivity index (χ3n) is 8.46. The summed E-state index contributed by atoms with van der Waals surface area (Å²) in [5.41, 5.74) is -0.828. The number of nitrogens with zero attached hydrogens (tertiary/aromatic N) is 4. The van der Waals surface area contributed by atoms with Gasteiger partial charge in [-0.15, -0.1) is 0 Å². The topological polar surface area (TPSA) is 78.8 Å². The fourth-order valence-corrected chi connectivity index (χ4v) is 6.33. The summed E-state index contributed by atoms with van der Waals surface area (Å²) in [6, 6.07) is 0.892. The van der Waals surface area contributed by atoms with Crippen LogP contribution in [-0.4, -0.2) is 70.4 Å². The van der Waals surface area contributed by atoms with E-state index in [0.717, 1.165) is 37.2 Å². The molecule has 10 heteroatoms. The van der Waals surface area contributed by atoms with E-state index >= 15 is 0 Å². The van der Waals surface area contributed by atoms with Crippen LogP contribution < -0.4 is 4.90 Å². The summed E-state index contributed by atoms with van der Waals surface area (Å²) < 4.78 is 44.6. The van der Waals surface area contributed by atoms with Crippen LogP contribution in [0.1, 0.15) is 52.7 Å². The highest BCUT2D eigenvalue weighted by Gasteiger charge is 2.52. The van der Waals surface area contributed by atoms with Gasteiger partial charge >= 0.3 is 12.1 Å². The summed E-state index contributed by atoms with van der Waals surface area (Å²) in [5.74, 6) is 0.517. The first-order chi connectivity index (χ1) is 16.9. The van der Waals surface area contributed by atoms with Crippen LogP contribution in [0, 0.1) is 23.7 Å². The number of aromatic nitrogens is 2. The number of halogens is 3. The fourth-order valence-electron chi connectivity index (χ4n) is 6.33. The van der Waals surface area contributed by atoms with Gasteiger partial charge in [-0.2, -0.15) is 13.2 Å². The highest BCUT2D eigenvalue weighted by molar-refractivity contribution is 5.66. The summed E-state index contributed by atoms with van der Waals surface area (Å²) in [6.45, 7) is 11.1. The monoisotopic (exact) mass is 510 g/mol. The molecular formula is C26H37F3N4O3. The van der Waals surface area contributed by atoms with E-state index in [9.17, 15) is 23.1 Å². The van der Waals surface area contributed by atoms with Crippen molar-refractivity contribution in [3.8, 4) is 0 Å². The van der Waals surface area contributed by atoms with Crippen molar-refractivity contribution < 1.29 is 27.8 Å². The summed E-state index contributed by atoms with van der Waals surface area (Å²) >= 11 is 0. The fraction of sp³-hybridized carbons (Fsp3) is 0.731. The average molecular weight is 511 g/mol. The van der Waals surface area contributed by atoms with E-state index in [1.54, 1.807) is 4.90 Å². The molecule has 4 rings (SSSR count). The van der Waals surface area contributed by atoms with E-state index in [4.69, 9.17) is 4.74 Å². The van der Waals surface area contributed by atoms with E-state index in [-0.39, 0.29) is 29.9 Å². The lowest BCUT2D eigenvalue weighted by Gasteiger charge is -2.53. The Hall–Kier alpha value is -2.20. The highest BCUT2D eigenvalue weighted by atomic mass is 19.4. The maximum Gasteiger partial charge on any atom is 0.433 e. The zero-order valence-electron chi connectivity index (χ0n) is 21.5. The molecule has 36 heavy (non-hydrogen) atoms. The largest absolute Gasteiger partial charge is 0.458 e. The van der Waals surface area contributed by atoms with E-state index in [1.807, 2.05) is 6.92 Å². The number of carbonyl (C=O) groups is 1. The second kappa shape index (κ2) is 10.3. The molecule has 3 aliphatic rings. The molecule has 0 bridgehead atoms. The van der Waals surface area contributed by atoms with Crippen molar-refractivity contribution in [3.05, 3.63) is 29.6 Å². The van der Waals surface area contributed by atoms with Gasteiger partial charge in [0.25, 0.3) is 0 Å². The third kappa shape index (κ3) is 5.54. The SMILES string of the molecule is CC(=O)O[C@@H]1C[C@@]2(O)[C@H](C)CC[C@@H](C(C)CN3CCN(c4nccc(C(F)(F)F)n4)CC3)[C@H]2C=C1C. The minimum Gasteiger partial charge on any atom is -0.458 e. The van der Waals surface area contributed by atoms with Gasteiger partial charge < -0.3 is 14.7 Å². The lowest BCUT2D eigenvalue weighted by molar-refractivity contribution is -0.159. The van der Waals surface area contributed by atoms with Crippen molar-refractivity contribution in [2.75, 3.05) is 37.6 Å². The maximum atomic E-state index is 13.0. The molecule has 200 valence electrons. The summed E-state index contributed by atoms with van der Waals surface area (Å²) in [5, 5.41) is 11.8. The number of esters is 1. The number of carbonyl (C=O) groups excluding carboxylic acids is 1. The van der Waals surface area contributed by atoms with Crippen LogP contribution in [0.15, 0.2) is 23.9 Å². The molecule has 0 spiro atoms. The van der Waals surface area contributed by atoms with Gasteiger partial charge in [-0.1, -0.05) is 19.9 Å². The zero-order valence-corrected chi connectivity index (χ0v) is 21.5. The number of aliphatic hydroxyl groups is 1. The van der Waals surface area contributed by atoms with Crippen molar-refractivity contribution >= 4 is 11.9 Å². The van der Waals surface area contributed by atoms with Gasteiger partial charge in [0.15, 0.2) is 0 Å². The first-order valence-electron chi connectivity index (χ1n) is 12.8. The molecule has 1 N–H and O–H groups in total. The molecule has 2 fully saturated rings. The number of ether oxygens (including phenoxy) is 1. The molecule has 7 nitrogen and oxygen atoms in total. The lowest BCUT2D eigenvalue weighted by Crippen LogP contribution is -2.56. The smallest absolute Gasteiger partial charge is 0.433 e. The van der Waals surface area contributed by atoms with Crippen molar-refractivity contribution in [1.82, 2.24) is 14.9 Å². The van der Waals surface area contributed by atoms with Crippen LogP contribution >= 0.6 is 0 Å². The molecule has 1 saturated carbocycles. The maximum absolute atomic E-state index is 13.0. The number of hydrogen-bond donors (Lipinski definition) is 1. The van der Waals surface area contributed by atoms with Crippen molar-refractivity contribution in [3.63, 3.8) is 0 Å².